The van der Waals surface area contributed by atoms with Crippen LogP contribution in [0.15, 0.2) is 0 Å². The van der Waals surface area contributed by atoms with Crippen molar-refractivity contribution in [1.82, 2.24) is 15.0 Å². The Kier molecular flexibility index (Phi) is 4.71. The van der Waals surface area contributed by atoms with E-state index < -0.39 is 0 Å². The molecule has 0 aromatic carbocycles. The quantitative estimate of drug-likeness (QED) is 0.770. The van der Waals surface area contributed by atoms with Crippen LogP contribution in [0.5, 0.6) is 0 Å². The molecule has 0 bridgehead atoms. The van der Waals surface area contributed by atoms with E-state index in [-0.39, 0.29) is 6.10 Å². The summed E-state index contributed by atoms with van der Waals surface area (Å²) < 4.78 is 7.20. The fourth-order valence-electron chi connectivity index (χ4n) is 1.53. The highest BCUT2D eigenvalue weighted by molar-refractivity contribution is 5.12. The Bertz CT molecular complexity index is 298. The lowest BCUT2D eigenvalue weighted by atomic mass is 10.2. The summed E-state index contributed by atoms with van der Waals surface area (Å²) in [5.41, 5.74) is 7.46. The zero-order valence-electron chi connectivity index (χ0n) is 9.73. The van der Waals surface area contributed by atoms with Crippen LogP contribution >= 0.6 is 0 Å². The van der Waals surface area contributed by atoms with Crippen LogP contribution < -0.4 is 5.73 Å². The zero-order valence-corrected chi connectivity index (χ0v) is 9.73. The first-order valence-electron chi connectivity index (χ1n) is 5.39. The highest BCUT2D eigenvalue weighted by atomic mass is 16.5. The van der Waals surface area contributed by atoms with Crippen molar-refractivity contribution in [1.29, 1.82) is 0 Å². The average Bonchev–Trinajstić information content (AvgIpc) is 2.68. The number of nitrogens with two attached hydrogens (primary N) is 1. The summed E-state index contributed by atoms with van der Waals surface area (Å²) in [5.74, 6) is 0. The zero-order chi connectivity index (χ0) is 11.3. The Morgan fingerprint density at radius 2 is 2.27 bits per heavy atom. The average molecular weight is 212 g/mol. The van der Waals surface area contributed by atoms with E-state index in [1.54, 1.807) is 7.11 Å². The van der Waals surface area contributed by atoms with Crippen molar-refractivity contribution in [3.05, 3.63) is 11.4 Å². The highest BCUT2D eigenvalue weighted by Gasteiger charge is 2.17. The Hall–Kier alpha value is -0.940. The Morgan fingerprint density at radius 3 is 2.80 bits per heavy atom. The molecule has 0 radical (unpaired) electrons. The third-order valence-electron chi connectivity index (χ3n) is 2.50. The molecule has 1 heterocycles. The van der Waals surface area contributed by atoms with Gasteiger partial charge in [-0.05, 0) is 13.3 Å². The number of ether oxygens (including phenoxy) is 1. The standard InChI is InChI=1S/C10H20N4O/c1-4-5-6-14-10(8(2)15-3)9(7-11)12-13-14/h8H,4-7,11H2,1-3H3. The van der Waals surface area contributed by atoms with Crippen LogP contribution in [-0.2, 0) is 17.8 Å². The van der Waals surface area contributed by atoms with E-state index >= 15 is 0 Å². The number of hydrogen-bond acceptors (Lipinski definition) is 4. The summed E-state index contributed by atoms with van der Waals surface area (Å²) in [4.78, 5) is 0. The molecule has 0 saturated heterocycles. The minimum absolute atomic E-state index is 0.00425. The summed E-state index contributed by atoms with van der Waals surface area (Å²) in [5, 5.41) is 8.16. The molecule has 1 atom stereocenters. The van der Waals surface area contributed by atoms with Gasteiger partial charge in [-0.15, -0.1) is 5.10 Å². The molecular formula is C10H20N4O. The van der Waals surface area contributed by atoms with Gasteiger partial charge in [-0.25, -0.2) is 4.68 Å². The third kappa shape index (κ3) is 2.76. The summed E-state index contributed by atoms with van der Waals surface area (Å²) in [6, 6.07) is 0. The lowest BCUT2D eigenvalue weighted by Gasteiger charge is -2.12. The first kappa shape index (κ1) is 12.1. The summed E-state index contributed by atoms with van der Waals surface area (Å²) in [6.07, 6.45) is 2.23. The smallest absolute Gasteiger partial charge is 0.102 e. The number of aryl methyl sites for hydroxylation is 1. The first-order chi connectivity index (χ1) is 7.24. The molecule has 86 valence electrons. The molecule has 0 aliphatic rings. The molecule has 5 heteroatoms. The monoisotopic (exact) mass is 212 g/mol. The Labute approximate surface area is 90.6 Å². The van der Waals surface area contributed by atoms with E-state index in [1.807, 2.05) is 11.6 Å². The van der Waals surface area contributed by atoms with Gasteiger partial charge in [0.25, 0.3) is 0 Å². The molecule has 1 aromatic rings. The van der Waals surface area contributed by atoms with Crippen molar-refractivity contribution in [3.63, 3.8) is 0 Å². The fourth-order valence-corrected chi connectivity index (χ4v) is 1.53. The number of hydrogen-bond donors (Lipinski definition) is 1. The van der Waals surface area contributed by atoms with Crippen LogP contribution in [0, 0.1) is 0 Å². The van der Waals surface area contributed by atoms with Crippen molar-refractivity contribution in [3.8, 4) is 0 Å². The van der Waals surface area contributed by atoms with E-state index in [0.29, 0.717) is 6.54 Å². The SMILES string of the molecule is CCCCn1nnc(CN)c1C(C)OC. The molecule has 1 rings (SSSR count). The molecule has 0 aliphatic heterocycles. The van der Waals surface area contributed by atoms with Crippen molar-refractivity contribution in [2.75, 3.05) is 7.11 Å². The molecule has 15 heavy (non-hydrogen) atoms. The van der Waals surface area contributed by atoms with Gasteiger partial charge >= 0.3 is 0 Å². The van der Waals surface area contributed by atoms with Crippen LogP contribution in [0.4, 0.5) is 0 Å². The van der Waals surface area contributed by atoms with Crippen molar-refractivity contribution < 1.29 is 4.74 Å². The van der Waals surface area contributed by atoms with Crippen molar-refractivity contribution in [2.24, 2.45) is 5.73 Å². The lowest BCUT2D eigenvalue weighted by Crippen LogP contribution is -2.12. The summed E-state index contributed by atoms with van der Waals surface area (Å²) in [6.45, 7) is 5.43. The van der Waals surface area contributed by atoms with Crippen molar-refractivity contribution >= 4 is 0 Å². The third-order valence-corrected chi connectivity index (χ3v) is 2.50. The van der Waals surface area contributed by atoms with Crippen LogP contribution in [0.3, 0.4) is 0 Å². The molecule has 0 amide bonds. The van der Waals surface area contributed by atoms with E-state index in [4.69, 9.17) is 10.5 Å². The molecule has 1 unspecified atom stereocenters. The van der Waals surface area contributed by atoms with Gasteiger partial charge in [0.2, 0.25) is 0 Å². The second-order valence-corrected chi connectivity index (χ2v) is 3.58. The Balaban J connectivity index is 2.89. The van der Waals surface area contributed by atoms with Crippen LogP contribution in [0.25, 0.3) is 0 Å². The molecule has 0 fully saturated rings. The van der Waals surface area contributed by atoms with E-state index in [0.717, 1.165) is 30.8 Å². The van der Waals surface area contributed by atoms with Gasteiger partial charge in [0.05, 0.1) is 11.8 Å². The fraction of sp³-hybridized carbons (Fsp3) is 0.800. The summed E-state index contributed by atoms with van der Waals surface area (Å²) >= 11 is 0. The van der Waals surface area contributed by atoms with Gasteiger partial charge in [-0.3, -0.25) is 0 Å². The van der Waals surface area contributed by atoms with Gasteiger partial charge in [0, 0.05) is 20.2 Å². The largest absolute Gasteiger partial charge is 0.375 e. The predicted molar refractivity (Wildman–Crippen MR) is 58.2 cm³/mol. The second kappa shape index (κ2) is 5.82. The number of methoxy groups -OCH3 is 1. The minimum Gasteiger partial charge on any atom is -0.375 e. The molecule has 2 N–H and O–H groups in total. The highest BCUT2D eigenvalue weighted by Crippen LogP contribution is 2.18. The van der Waals surface area contributed by atoms with Crippen LogP contribution in [0.1, 0.15) is 44.2 Å². The van der Waals surface area contributed by atoms with Gasteiger partial charge < -0.3 is 10.5 Å². The molecule has 1 aromatic heterocycles. The van der Waals surface area contributed by atoms with E-state index in [9.17, 15) is 0 Å². The number of rotatable bonds is 6. The normalized spacial score (nSPS) is 13.1. The van der Waals surface area contributed by atoms with Gasteiger partial charge in [-0.1, -0.05) is 18.6 Å². The Morgan fingerprint density at radius 1 is 1.53 bits per heavy atom. The molecule has 0 aliphatic carbocycles. The first-order valence-corrected chi connectivity index (χ1v) is 5.39. The predicted octanol–water partition coefficient (Wildman–Crippen LogP) is 1.24. The van der Waals surface area contributed by atoms with Gasteiger partial charge in [0.1, 0.15) is 5.69 Å². The maximum Gasteiger partial charge on any atom is 0.102 e. The van der Waals surface area contributed by atoms with E-state index in [1.165, 1.54) is 0 Å². The molecular weight excluding hydrogens is 192 g/mol. The maximum absolute atomic E-state index is 5.61. The van der Waals surface area contributed by atoms with Crippen LogP contribution in [0.2, 0.25) is 0 Å². The minimum atomic E-state index is -0.00425. The topological polar surface area (TPSA) is 66.0 Å². The second-order valence-electron chi connectivity index (χ2n) is 3.58. The lowest BCUT2D eigenvalue weighted by molar-refractivity contribution is 0.110. The van der Waals surface area contributed by atoms with Crippen molar-refractivity contribution in [2.45, 2.75) is 45.9 Å². The van der Waals surface area contributed by atoms with E-state index in [2.05, 4.69) is 17.2 Å². The molecule has 0 saturated carbocycles. The maximum atomic E-state index is 5.61. The van der Waals surface area contributed by atoms with Crippen LogP contribution in [-0.4, -0.2) is 22.1 Å². The number of aromatic nitrogens is 3. The molecule has 0 spiro atoms. The van der Waals surface area contributed by atoms with Gasteiger partial charge in [-0.2, -0.15) is 0 Å². The van der Waals surface area contributed by atoms with Gasteiger partial charge in [0.15, 0.2) is 0 Å². The number of unbranched alkanes of at least 4 members (excludes halogenated alkanes) is 1. The molecule has 5 nitrogen and oxygen atoms in total. The summed E-state index contributed by atoms with van der Waals surface area (Å²) in [7, 11) is 1.68. The number of nitrogens with zero attached hydrogens (tertiary/aromatic N) is 3.